The molecule has 0 aliphatic carbocycles. The normalized spacial score (nSPS) is 22.6. The van der Waals surface area contributed by atoms with Crippen LogP contribution in [-0.2, 0) is 19.1 Å². The lowest BCUT2D eigenvalue weighted by Crippen LogP contribution is -2.48. The Morgan fingerprint density at radius 1 is 1.28 bits per heavy atom. The van der Waals surface area contributed by atoms with E-state index in [-0.39, 0.29) is 34.3 Å². The van der Waals surface area contributed by atoms with Crippen LogP contribution in [0.2, 0.25) is 10.0 Å². The average Bonchev–Trinajstić information content (AvgIpc) is 3.08. The Bertz CT molecular complexity index is 843. The first-order valence-corrected chi connectivity index (χ1v) is 7.71. The number of imide groups is 1. The van der Waals surface area contributed by atoms with Gasteiger partial charge in [0.2, 0.25) is 5.91 Å². The predicted octanol–water partition coefficient (Wildman–Crippen LogP) is 1.91. The number of methoxy groups -OCH3 is 1. The number of hydrogen-bond donors (Lipinski definition) is 0. The van der Waals surface area contributed by atoms with Gasteiger partial charge in [-0.3, -0.25) is 9.59 Å². The molecule has 0 N–H and O–H groups in total. The van der Waals surface area contributed by atoms with Crippen molar-refractivity contribution in [1.82, 2.24) is 5.12 Å². The SMILES string of the molecule is COC(=O)C1=NN(N=O)[C@]2(CC(=O)N(c3ccc(Cl)c(Cl)c3)C2=O)C1. The second-order valence-electron chi connectivity index (χ2n) is 5.43. The third-order valence-electron chi connectivity index (χ3n) is 4.01. The molecule has 0 unspecified atom stereocenters. The molecule has 1 saturated heterocycles. The van der Waals surface area contributed by atoms with Gasteiger partial charge < -0.3 is 4.74 Å². The molecule has 130 valence electrons. The summed E-state index contributed by atoms with van der Waals surface area (Å²) in [4.78, 5) is 49.0. The van der Waals surface area contributed by atoms with Crippen LogP contribution in [0.4, 0.5) is 5.69 Å². The van der Waals surface area contributed by atoms with Gasteiger partial charge in [-0.25, -0.2) is 9.69 Å². The third-order valence-corrected chi connectivity index (χ3v) is 4.75. The predicted molar refractivity (Wildman–Crippen MR) is 88.0 cm³/mol. The van der Waals surface area contributed by atoms with Crippen molar-refractivity contribution in [2.45, 2.75) is 18.4 Å². The molecule has 2 aliphatic heterocycles. The fourth-order valence-corrected chi connectivity index (χ4v) is 3.12. The molecule has 1 spiro atoms. The molecule has 1 atom stereocenters. The first-order chi connectivity index (χ1) is 11.8. The molecular weight excluding hydrogens is 375 g/mol. The molecule has 1 aromatic carbocycles. The van der Waals surface area contributed by atoms with Crippen LogP contribution in [0, 0.1) is 4.91 Å². The summed E-state index contributed by atoms with van der Waals surface area (Å²) in [5.41, 5.74) is -1.66. The van der Waals surface area contributed by atoms with E-state index in [1.165, 1.54) is 18.2 Å². The van der Waals surface area contributed by atoms with Crippen LogP contribution in [0.25, 0.3) is 0 Å². The highest BCUT2D eigenvalue weighted by Crippen LogP contribution is 2.41. The standard InChI is InChI=1S/C14H10Cl2N4O5/c1-25-12(22)10-5-14(20(17-10)18-24)6-11(21)19(13(14)23)7-2-3-8(15)9(16)4-7/h2-4H,5-6H2,1H3/t14-/m0/s1. The van der Waals surface area contributed by atoms with E-state index in [9.17, 15) is 19.3 Å². The number of hydrazone groups is 1. The zero-order valence-corrected chi connectivity index (χ0v) is 14.2. The zero-order chi connectivity index (χ0) is 18.4. The van der Waals surface area contributed by atoms with Crippen molar-refractivity contribution in [3.05, 3.63) is 33.2 Å². The average molecular weight is 385 g/mol. The van der Waals surface area contributed by atoms with Crippen molar-refractivity contribution in [3.63, 3.8) is 0 Å². The highest BCUT2D eigenvalue weighted by atomic mass is 35.5. The summed E-state index contributed by atoms with van der Waals surface area (Å²) in [6.07, 6.45) is -0.643. The Morgan fingerprint density at radius 3 is 2.60 bits per heavy atom. The van der Waals surface area contributed by atoms with Crippen molar-refractivity contribution in [2.24, 2.45) is 10.4 Å². The van der Waals surface area contributed by atoms with Gasteiger partial charge >= 0.3 is 5.97 Å². The molecule has 3 rings (SSSR count). The van der Waals surface area contributed by atoms with E-state index in [0.29, 0.717) is 5.12 Å². The monoisotopic (exact) mass is 384 g/mol. The maximum atomic E-state index is 12.9. The minimum Gasteiger partial charge on any atom is -0.464 e. The molecule has 0 bridgehead atoms. The number of hydrogen-bond acceptors (Lipinski definition) is 7. The fourth-order valence-electron chi connectivity index (χ4n) is 2.83. The topological polar surface area (TPSA) is 109 Å². The zero-order valence-electron chi connectivity index (χ0n) is 12.7. The van der Waals surface area contributed by atoms with Gasteiger partial charge in [0, 0.05) is 6.42 Å². The lowest BCUT2D eigenvalue weighted by Gasteiger charge is -2.24. The minimum absolute atomic E-state index is 0.156. The van der Waals surface area contributed by atoms with Crippen molar-refractivity contribution >= 4 is 52.4 Å². The summed E-state index contributed by atoms with van der Waals surface area (Å²) in [5, 5.41) is 7.35. The van der Waals surface area contributed by atoms with Crippen molar-refractivity contribution < 1.29 is 19.1 Å². The van der Waals surface area contributed by atoms with Crippen LogP contribution in [0.1, 0.15) is 12.8 Å². The summed E-state index contributed by atoms with van der Waals surface area (Å²) < 4.78 is 4.55. The number of halogens is 2. The van der Waals surface area contributed by atoms with Gasteiger partial charge in [0.1, 0.15) is 0 Å². The van der Waals surface area contributed by atoms with Crippen LogP contribution in [0.5, 0.6) is 0 Å². The largest absolute Gasteiger partial charge is 0.464 e. The summed E-state index contributed by atoms with van der Waals surface area (Å²) in [7, 11) is 1.14. The Kier molecular flexibility index (Phi) is 4.21. The molecule has 2 heterocycles. The molecular formula is C14H10Cl2N4O5. The second-order valence-corrected chi connectivity index (χ2v) is 6.24. The number of ether oxygens (including phenoxy) is 1. The highest BCUT2D eigenvalue weighted by molar-refractivity contribution is 6.42. The summed E-state index contributed by atoms with van der Waals surface area (Å²) in [6, 6.07) is 4.23. The molecule has 2 amide bonds. The number of nitroso groups, excluding NO2 is 1. The van der Waals surface area contributed by atoms with Crippen molar-refractivity contribution in [1.29, 1.82) is 0 Å². The number of nitrogens with zero attached hydrogens (tertiary/aromatic N) is 4. The molecule has 25 heavy (non-hydrogen) atoms. The van der Waals surface area contributed by atoms with Gasteiger partial charge in [-0.1, -0.05) is 23.2 Å². The van der Waals surface area contributed by atoms with Gasteiger partial charge in [-0.05, 0) is 18.2 Å². The smallest absolute Gasteiger partial charge is 0.354 e. The fraction of sp³-hybridized carbons (Fsp3) is 0.286. The third kappa shape index (κ3) is 2.56. The molecule has 1 fully saturated rings. The van der Waals surface area contributed by atoms with E-state index in [0.717, 1.165) is 12.0 Å². The van der Waals surface area contributed by atoms with Crippen LogP contribution >= 0.6 is 23.2 Å². The van der Waals surface area contributed by atoms with Gasteiger partial charge in [0.05, 0.1) is 34.5 Å². The number of carbonyl (C=O) groups is 3. The van der Waals surface area contributed by atoms with Crippen molar-refractivity contribution in [3.8, 4) is 0 Å². The lowest BCUT2D eigenvalue weighted by atomic mass is 9.92. The molecule has 2 aliphatic rings. The highest BCUT2D eigenvalue weighted by Gasteiger charge is 2.61. The summed E-state index contributed by atoms with van der Waals surface area (Å²) in [5.74, 6) is -2.13. The van der Waals surface area contributed by atoms with Gasteiger partial charge in [-0.2, -0.15) is 0 Å². The number of rotatable bonds is 3. The van der Waals surface area contributed by atoms with E-state index in [1.807, 2.05) is 0 Å². The van der Waals surface area contributed by atoms with Crippen LogP contribution < -0.4 is 4.90 Å². The van der Waals surface area contributed by atoms with Crippen LogP contribution in [0.3, 0.4) is 0 Å². The summed E-state index contributed by atoms with van der Waals surface area (Å²) in [6.45, 7) is 0. The molecule has 1 aromatic rings. The van der Waals surface area contributed by atoms with Gasteiger partial charge in [-0.15, -0.1) is 15.1 Å². The number of benzene rings is 1. The van der Waals surface area contributed by atoms with E-state index in [2.05, 4.69) is 15.1 Å². The minimum atomic E-state index is -1.69. The van der Waals surface area contributed by atoms with Crippen LogP contribution in [-0.4, -0.2) is 41.3 Å². The number of anilines is 1. The van der Waals surface area contributed by atoms with E-state index >= 15 is 0 Å². The molecule has 11 heteroatoms. The van der Waals surface area contributed by atoms with E-state index in [1.54, 1.807) is 0 Å². The Hall–Kier alpha value is -2.52. The maximum absolute atomic E-state index is 12.9. The Morgan fingerprint density at radius 2 is 2.00 bits per heavy atom. The molecule has 0 aromatic heterocycles. The van der Waals surface area contributed by atoms with E-state index in [4.69, 9.17) is 23.2 Å². The number of amides is 2. The van der Waals surface area contributed by atoms with Gasteiger partial charge in [0.25, 0.3) is 5.91 Å². The maximum Gasteiger partial charge on any atom is 0.354 e. The summed E-state index contributed by atoms with van der Waals surface area (Å²) >= 11 is 11.8. The molecule has 0 saturated carbocycles. The first-order valence-electron chi connectivity index (χ1n) is 6.96. The first kappa shape index (κ1) is 17.3. The van der Waals surface area contributed by atoms with E-state index < -0.39 is 23.3 Å². The molecule has 0 radical (unpaired) electrons. The Labute approximate surface area is 151 Å². The Balaban J connectivity index is 1.99. The lowest BCUT2D eigenvalue weighted by molar-refractivity contribution is -0.132. The number of esters is 1. The van der Waals surface area contributed by atoms with Crippen molar-refractivity contribution in [2.75, 3.05) is 12.0 Å². The molecule has 9 nitrogen and oxygen atoms in total. The number of carbonyl (C=O) groups excluding carboxylic acids is 3. The second kappa shape index (κ2) is 6.08. The van der Waals surface area contributed by atoms with Gasteiger partial charge in [0.15, 0.2) is 11.3 Å². The quantitative estimate of drug-likeness (QED) is 0.447. The van der Waals surface area contributed by atoms with Crippen LogP contribution in [0.15, 0.2) is 28.6 Å².